The first-order valence-electron chi connectivity index (χ1n) is 12.3. The molecule has 0 saturated carbocycles. The molecule has 4 aromatic carbocycles. The van der Waals surface area contributed by atoms with Crippen LogP contribution in [0.4, 0.5) is 5.69 Å². The SMILES string of the molecule is Cc1ccc(N2C(=O)C(=O)/C(=C(/O)c3cccc4ccccc34)C2c2cn(C)c3ccccc23)cc1C. The van der Waals surface area contributed by atoms with Crippen molar-refractivity contribution in [2.24, 2.45) is 7.05 Å². The molecule has 1 fully saturated rings. The number of carbonyl (C=O) groups is 2. The number of amides is 1. The number of benzene rings is 4. The third-order valence-corrected chi connectivity index (χ3v) is 7.48. The highest BCUT2D eigenvalue weighted by atomic mass is 16.3. The summed E-state index contributed by atoms with van der Waals surface area (Å²) in [5, 5.41) is 14.4. The first-order valence-corrected chi connectivity index (χ1v) is 12.3. The highest BCUT2D eigenvalue weighted by Crippen LogP contribution is 2.45. The monoisotopic (exact) mass is 486 g/mol. The molecule has 1 aliphatic heterocycles. The Kier molecular flexibility index (Phi) is 5.23. The number of fused-ring (bicyclic) bond motifs is 2. The lowest BCUT2D eigenvalue weighted by molar-refractivity contribution is -0.132. The average Bonchev–Trinajstić information content (AvgIpc) is 3.38. The summed E-state index contributed by atoms with van der Waals surface area (Å²) >= 11 is 0. The quantitative estimate of drug-likeness (QED) is 0.178. The minimum atomic E-state index is -0.785. The molecule has 2 heterocycles. The lowest BCUT2D eigenvalue weighted by Crippen LogP contribution is -2.29. The van der Waals surface area contributed by atoms with E-state index in [2.05, 4.69) is 0 Å². The number of nitrogens with zero attached hydrogens (tertiary/aromatic N) is 2. The lowest BCUT2D eigenvalue weighted by Gasteiger charge is -2.25. The van der Waals surface area contributed by atoms with Gasteiger partial charge < -0.3 is 9.67 Å². The van der Waals surface area contributed by atoms with Crippen LogP contribution in [0.15, 0.2) is 96.7 Å². The van der Waals surface area contributed by atoms with Crippen LogP contribution in [0.5, 0.6) is 0 Å². The predicted molar refractivity (Wildman–Crippen MR) is 148 cm³/mol. The summed E-state index contributed by atoms with van der Waals surface area (Å²) in [7, 11) is 1.94. The molecule has 182 valence electrons. The van der Waals surface area contributed by atoms with Crippen LogP contribution in [0.1, 0.15) is 28.3 Å². The van der Waals surface area contributed by atoms with E-state index in [-0.39, 0.29) is 11.3 Å². The highest BCUT2D eigenvalue weighted by molar-refractivity contribution is 6.52. The first-order chi connectivity index (χ1) is 17.9. The Balaban J connectivity index is 1.67. The summed E-state index contributed by atoms with van der Waals surface area (Å²) in [5.74, 6) is -1.51. The maximum Gasteiger partial charge on any atom is 0.300 e. The van der Waals surface area contributed by atoms with Gasteiger partial charge in [0.1, 0.15) is 5.76 Å². The van der Waals surface area contributed by atoms with Crippen LogP contribution >= 0.6 is 0 Å². The van der Waals surface area contributed by atoms with E-state index in [0.29, 0.717) is 11.3 Å². The number of ketones is 1. The van der Waals surface area contributed by atoms with Crippen molar-refractivity contribution < 1.29 is 14.7 Å². The molecule has 1 saturated heterocycles. The maximum atomic E-state index is 13.7. The van der Waals surface area contributed by atoms with E-state index in [1.54, 1.807) is 6.07 Å². The Morgan fingerprint density at radius 3 is 2.30 bits per heavy atom. The van der Waals surface area contributed by atoms with Gasteiger partial charge in [-0.05, 0) is 53.9 Å². The minimum absolute atomic E-state index is 0.0935. The zero-order valence-electron chi connectivity index (χ0n) is 20.9. The van der Waals surface area contributed by atoms with Gasteiger partial charge in [-0.2, -0.15) is 0 Å². The van der Waals surface area contributed by atoms with Gasteiger partial charge in [0.25, 0.3) is 11.7 Å². The van der Waals surface area contributed by atoms with E-state index in [9.17, 15) is 14.7 Å². The van der Waals surface area contributed by atoms with Crippen molar-refractivity contribution in [2.75, 3.05) is 4.90 Å². The number of hydrogen-bond acceptors (Lipinski definition) is 3. The van der Waals surface area contributed by atoms with E-state index in [1.807, 2.05) is 111 Å². The van der Waals surface area contributed by atoms with Crippen molar-refractivity contribution in [3.05, 3.63) is 119 Å². The van der Waals surface area contributed by atoms with Gasteiger partial charge in [0.2, 0.25) is 0 Å². The molecular formula is C32H26N2O3. The van der Waals surface area contributed by atoms with Crippen LogP contribution in [-0.4, -0.2) is 21.4 Å². The number of aryl methyl sites for hydroxylation is 3. The van der Waals surface area contributed by atoms with Gasteiger partial charge in [-0.15, -0.1) is 0 Å². The second-order valence-corrected chi connectivity index (χ2v) is 9.68. The fourth-order valence-corrected chi connectivity index (χ4v) is 5.44. The molecule has 5 nitrogen and oxygen atoms in total. The second-order valence-electron chi connectivity index (χ2n) is 9.68. The molecule has 5 heteroatoms. The van der Waals surface area contributed by atoms with E-state index in [0.717, 1.165) is 38.4 Å². The third-order valence-electron chi connectivity index (χ3n) is 7.48. The topological polar surface area (TPSA) is 62.5 Å². The van der Waals surface area contributed by atoms with Gasteiger partial charge in [0.05, 0.1) is 11.6 Å². The van der Waals surface area contributed by atoms with Gasteiger partial charge >= 0.3 is 0 Å². The molecule has 0 radical (unpaired) electrons. The Morgan fingerprint density at radius 2 is 1.51 bits per heavy atom. The van der Waals surface area contributed by atoms with Crippen LogP contribution < -0.4 is 4.90 Å². The molecule has 1 aromatic heterocycles. The van der Waals surface area contributed by atoms with E-state index < -0.39 is 17.7 Å². The Morgan fingerprint density at radius 1 is 0.811 bits per heavy atom. The maximum absolute atomic E-state index is 13.7. The zero-order valence-corrected chi connectivity index (χ0v) is 20.9. The van der Waals surface area contributed by atoms with Gasteiger partial charge in [-0.1, -0.05) is 66.7 Å². The first kappa shape index (κ1) is 22.8. The molecule has 0 aliphatic carbocycles. The molecule has 5 aromatic rings. The van der Waals surface area contributed by atoms with Crippen molar-refractivity contribution in [1.29, 1.82) is 0 Å². The Bertz CT molecular complexity index is 1770. The molecule has 6 rings (SSSR count). The zero-order chi connectivity index (χ0) is 25.8. The third kappa shape index (κ3) is 3.46. The van der Waals surface area contributed by atoms with E-state index in [1.165, 1.54) is 4.90 Å². The standard InChI is InChI=1S/C32H26N2O3/c1-19-15-16-22(17-20(19)2)34-29(26-18-33(3)27-14-7-6-12-24(26)27)28(31(36)32(34)37)30(35)25-13-8-10-21-9-4-5-11-23(21)25/h4-18,29,35H,1-3H3/b30-28+. The van der Waals surface area contributed by atoms with Crippen molar-refractivity contribution >= 4 is 44.8 Å². The Labute approximate surface area is 214 Å². The number of aliphatic hydroxyl groups excluding tert-OH is 1. The van der Waals surface area contributed by atoms with Crippen molar-refractivity contribution in [3.8, 4) is 0 Å². The molecule has 0 spiro atoms. The van der Waals surface area contributed by atoms with Crippen LogP contribution in [0.25, 0.3) is 27.4 Å². The van der Waals surface area contributed by atoms with Crippen LogP contribution in [0, 0.1) is 13.8 Å². The largest absolute Gasteiger partial charge is 0.507 e. The average molecular weight is 487 g/mol. The van der Waals surface area contributed by atoms with Gasteiger partial charge in [0, 0.05) is 41.0 Å². The van der Waals surface area contributed by atoms with Crippen molar-refractivity contribution in [3.63, 3.8) is 0 Å². The number of Topliss-reactive ketones (excluding diaryl/α,β-unsaturated/α-hetero) is 1. The number of aromatic nitrogens is 1. The molecule has 1 aliphatic rings. The highest BCUT2D eigenvalue weighted by Gasteiger charge is 2.48. The molecule has 1 N–H and O–H groups in total. The van der Waals surface area contributed by atoms with Crippen molar-refractivity contribution in [1.82, 2.24) is 4.57 Å². The predicted octanol–water partition coefficient (Wildman–Crippen LogP) is 6.57. The number of anilines is 1. The molecule has 37 heavy (non-hydrogen) atoms. The van der Waals surface area contributed by atoms with Gasteiger partial charge in [-0.25, -0.2) is 0 Å². The fraction of sp³-hybridized carbons (Fsp3) is 0.125. The summed E-state index contributed by atoms with van der Waals surface area (Å²) in [6, 6.07) is 26.2. The summed E-state index contributed by atoms with van der Waals surface area (Å²) in [5.41, 5.74) is 5.13. The smallest absolute Gasteiger partial charge is 0.300 e. The second kappa shape index (κ2) is 8.49. The molecule has 1 atom stereocenters. The van der Waals surface area contributed by atoms with Gasteiger partial charge in [-0.3, -0.25) is 14.5 Å². The normalized spacial score (nSPS) is 17.3. The van der Waals surface area contributed by atoms with Crippen molar-refractivity contribution in [2.45, 2.75) is 19.9 Å². The number of para-hydroxylation sites is 1. The van der Waals surface area contributed by atoms with E-state index >= 15 is 0 Å². The number of aliphatic hydroxyl groups is 1. The molecule has 1 amide bonds. The minimum Gasteiger partial charge on any atom is -0.507 e. The summed E-state index contributed by atoms with van der Waals surface area (Å²) in [6.07, 6.45) is 1.95. The number of rotatable bonds is 3. The summed E-state index contributed by atoms with van der Waals surface area (Å²) in [6.45, 7) is 3.99. The molecule has 1 unspecified atom stereocenters. The van der Waals surface area contributed by atoms with Crippen LogP contribution in [0.3, 0.4) is 0 Å². The van der Waals surface area contributed by atoms with Crippen LogP contribution in [0.2, 0.25) is 0 Å². The van der Waals surface area contributed by atoms with E-state index in [4.69, 9.17) is 0 Å². The lowest BCUT2D eigenvalue weighted by atomic mass is 9.93. The summed E-state index contributed by atoms with van der Waals surface area (Å²) in [4.78, 5) is 28.9. The molecule has 0 bridgehead atoms. The fourth-order valence-electron chi connectivity index (χ4n) is 5.44. The van der Waals surface area contributed by atoms with Crippen LogP contribution in [-0.2, 0) is 16.6 Å². The number of carbonyl (C=O) groups excluding carboxylic acids is 2. The summed E-state index contributed by atoms with van der Waals surface area (Å²) < 4.78 is 1.99. The Hall–Kier alpha value is -4.64. The molecular weight excluding hydrogens is 460 g/mol. The number of hydrogen-bond donors (Lipinski definition) is 1. The van der Waals surface area contributed by atoms with Gasteiger partial charge in [0.15, 0.2) is 0 Å².